The van der Waals surface area contributed by atoms with Crippen LogP contribution in [0.4, 0.5) is 0 Å². The Bertz CT molecular complexity index is 293. The van der Waals surface area contributed by atoms with Crippen LogP contribution in [0.3, 0.4) is 0 Å². The van der Waals surface area contributed by atoms with E-state index in [1.165, 1.54) is 5.57 Å². The summed E-state index contributed by atoms with van der Waals surface area (Å²) in [7, 11) is 0. The zero-order chi connectivity index (χ0) is 11.1. The Morgan fingerprint density at radius 3 is 2.87 bits per heavy atom. The molecule has 0 aliphatic rings. The molecule has 1 unspecified atom stereocenters. The van der Waals surface area contributed by atoms with Crippen molar-refractivity contribution in [1.29, 1.82) is 0 Å². The molecule has 0 amide bonds. The maximum atomic E-state index is 4.38. The van der Waals surface area contributed by atoms with Gasteiger partial charge in [0.05, 0.1) is 11.7 Å². The molecule has 1 rings (SSSR count). The molecular weight excluding hydrogens is 184 g/mol. The predicted molar refractivity (Wildman–Crippen MR) is 64.7 cm³/mol. The molecule has 1 heterocycles. The zero-order valence-electron chi connectivity index (χ0n) is 9.66. The van der Waals surface area contributed by atoms with E-state index in [0.29, 0.717) is 6.04 Å². The van der Waals surface area contributed by atoms with Crippen LogP contribution in [0.1, 0.15) is 38.4 Å². The van der Waals surface area contributed by atoms with Gasteiger partial charge in [-0.2, -0.15) is 0 Å². The topological polar surface area (TPSA) is 24.9 Å². The molecule has 0 aliphatic carbocycles. The van der Waals surface area contributed by atoms with Crippen molar-refractivity contribution in [3.8, 4) is 0 Å². The second kappa shape index (κ2) is 6.36. The molecule has 0 radical (unpaired) electrons. The Labute approximate surface area is 92.4 Å². The molecule has 1 aromatic heterocycles. The van der Waals surface area contributed by atoms with Crippen molar-refractivity contribution in [3.05, 3.63) is 42.2 Å². The third-order valence-corrected chi connectivity index (χ3v) is 2.24. The van der Waals surface area contributed by atoms with Crippen LogP contribution in [0.15, 0.2) is 36.5 Å². The van der Waals surface area contributed by atoms with Crippen LogP contribution in [0.25, 0.3) is 0 Å². The molecule has 1 aromatic rings. The number of hydrogen-bond acceptors (Lipinski definition) is 2. The predicted octanol–water partition coefficient (Wildman–Crippen LogP) is 3.09. The average Bonchev–Trinajstić information content (AvgIpc) is 2.25. The standard InChI is InChI=1S/C13H20N2/c1-4-8-14-13(10-11(2)3)12-7-5-6-9-15-12/h5-7,9,13-14H,2,4,8,10H2,1,3H3. The Balaban J connectivity index is 2.67. The average molecular weight is 204 g/mol. The minimum atomic E-state index is 0.309. The smallest absolute Gasteiger partial charge is 0.0576 e. The fourth-order valence-corrected chi connectivity index (χ4v) is 1.53. The molecule has 1 atom stereocenters. The number of nitrogens with zero attached hydrogens (tertiary/aromatic N) is 1. The summed E-state index contributed by atoms with van der Waals surface area (Å²) in [6.07, 6.45) is 3.94. The van der Waals surface area contributed by atoms with Crippen molar-refractivity contribution in [3.63, 3.8) is 0 Å². The van der Waals surface area contributed by atoms with Gasteiger partial charge in [-0.3, -0.25) is 4.98 Å². The van der Waals surface area contributed by atoms with Crippen LogP contribution in [0, 0.1) is 0 Å². The minimum Gasteiger partial charge on any atom is -0.308 e. The van der Waals surface area contributed by atoms with Crippen molar-refractivity contribution >= 4 is 0 Å². The summed E-state index contributed by atoms with van der Waals surface area (Å²) < 4.78 is 0. The summed E-state index contributed by atoms with van der Waals surface area (Å²) in [6, 6.07) is 6.35. The number of hydrogen-bond donors (Lipinski definition) is 1. The lowest BCUT2D eigenvalue weighted by atomic mass is 10.0. The van der Waals surface area contributed by atoms with E-state index in [4.69, 9.17) is 0 Å². The molecule has 2 nitrogen and oxygen atoms in total. The molecule has 0 spiro atoms. The summed E-state index contributed by atoms with van der Waals surface area (Å²) in [5.41, 5.74) is 2.29. The molecule has 0 fully saturated rings. The highest BCUT2D eigenvalue weighted by Crippen LogP contribution is 2.17. The summed E-state index contributed by atoms with van der Waals surface area (Å²) in [5, 5.41) is 3.49. The van der Waals surface area contributed by atoms with Crippen LogP contribution >= 0.6 is 0 Å². The van der Waals surface area contributed by atoms with Gasteiger partial charge >= 0.3 is 0 Å². The molecule has 0 bridgehead atoms. The van der Waals surface area contributed by atoms with Gasteiger partial charge in [-0.15, -0.1) is 6.58 Å². The maximum absolute atomic E-state index is 4.38. The van der Waals surface area contributed by atoms with E-state index in [-0.39, 0.29) is 0 Å². The van der Waals surface area contributed by atoms with Gasteiger partial charge in [0.15, 0.2) is 0 Å². The van der Waals surface area contributed by atoms with Crippen molar-refractivity contribution in [2.75, 3.05) is 6.54 Å². The fraction of sp³-hybridized carbons (Fsp3) is 0.462. The lowest BCUT2D eigenvalue weighted by Gasteiger charge is -2.17. The van der Waals surface area contributed by atoms with Gasteiger partial charge in [-0.1, -0.05) is 18.6 Å². The van der Waals surface area contributed by atoms with E-state index in [2.05, 4.69) is 36.8 Å². The first-order chi connectivity index (χ1) is 7.24. The van der Waals surface area contributed by atoms with Crippen LogP contribution in [0.2, 0.25) is 0 Å². The van der Waals surface area contributed by atoms with Gasteiger partial charge in [0.2, 0.25) is 0 Å². The highest BCUT2D eigenvalue weighted by molar-refractivity contribution is 5.11. The Morgan fingerprint density at radius 2 is 2.33 bits per heavy atom. The molecule has 0 aliphatic heterocycles. The molecule has 82 valence electrons. The van der Waals surface area contributed by atoms with E-state index in [1.54, 1.807) is 0 Å². The van der Waals surface area contributed by atoms with Crippen LogP contribution < -0.4 is 5.32 Å². The normalized spacial score (nSPS) is 12.4. The van der Waals surface area contributed by atoms with E-state index in [9.17, 15) is 0 Å². The van der Waals surface area contributed by atoms with Crippen LogP contribution in [0.5, 0.6) is 0 Å². The maximum Gasteiger partial charge on any atom is 0.0576 e. The van der Waals surface area contributed by atoms with Gasteiger partial charge in [0, 0.05) is 6.20 Å². The lowest BCUT2D eigenvalue weighted by molar-refractivity contribution is 0.516. The zero-order valence-corrected chi connectivity index (χ0v) is 9.66. The summed E-state index contributed by atoms with van der Waals surface area (Å²) in [5.74, 6) is 0. The quantitative estimate of drug-likeness (QED) is 0.720. The number of nitrogens with one attached hydrogen (secondary N) is 1. The fourth-order valence-electron chi connectivity index (χ4n) is 1.53. The number of rotatable bonds is 6. The largest absolute Gasteiger partial charge is 0.308 e. The third kappa shape index (κ3) is 4.26. The molecule has 0 saturated heterocycles. The van der Waals surface area contributed by atoms with Crippen molar-refractivity contribution in [2.45, 2.75) is 32.7 Å². The second-order valence-corrected chi connectivity index (χ2v) is 3.92. The summed E-state index contributed by atoms with van der Waals surface area (Å²) >= 11 is 0. The van der Waals surface area contributed by atoms with E-state index in [1.807, 2.05) is 18.3 Å². The summed E-state index contributed by atoms with van der Waals surface area (Å²) in [4.78, 5) is 4.38. The van der Waals surface area contributed by atoms with Crippen molar-refractivity contribution < 1.29 is 0 Å². The first-order valence-corrected chi connectivity index (χ1v) is 5.52. The van der Waals surface area contributed by atoms with Gasteiger partial charge in [0.1, 0.15) is 0 Å². The van der Waals surface area contributed by atoms with Crippen molar-refractivity contribution in [2.24, 2.45) is 0 Å². The Kier molecular flexibility index (Phi) is 5.05. The lowest BCUT2D eigenvalue weighted by Crippen LogP contribution is -2.23. The van der Waals surface area contributed by atoms with Gasteiger partial charge < -0.3 is 5.32 Å². The van der Waals surface area contributed by atoms with E-state index in [0.717, 1.165) is 25.1 Å². The first-order valence-electron chi connectivity index (χ1n) is 5.52. The minimum absolute atomic E-state index is 0.309. The molecule has 15 heavy (non-hydrogen) atoms. The molecular formula is C13H20N2. The Hall–Kier alpha value is -1.15. The first kappa shape index (κ1) is 11.9. The third-order valence-electron chi connectivity index (χ3n) is 2.24. The monoisotopic (exact) mass is 204 g/mol. The molecule has 0 saturated carbocycles. The molecule has 1 N–H and O–H groups in total. The number of pyridine rings is 1. The van der Waals surface area contributed by atoms with Crippen molar-refractivity contribution in [1.82, 2.24) is 10.3 Å². The SMILES string of the molecule is C=C(C)CC(NCCC)c1ccccn1. The Morgan fingerprint density at radius 1 is 1.53 bits per heavy atom. The van der Waals surface area contributed by atoms with Crippen LogP contribution in [-0.2, 0) is 0 Å². The van der Waals surface area contributed by atoms with E-state index < -0.39 is 0 Å². The van der Waals surface area contributed by atoms with Crippen LogP contribution in [-0.4, -0.2) is 11.5 Å². The molecule has 0 aromatic carbocycles. The number of aromatic nitrogens is 1. The summed E-state index contributed by atoms with van der Waals surface area (Å²) in [6.45, 7) is 9.21. The highest BCUT2D eigenvalue weighted by Gasteiger charge is 2.10. The molecule has 2 heteroatoms. The van der Waals surface area contributed by atoms with Gasteiger partial charge in [0.25, 0.3) is 0 Å². The van der Waals surface area contributed by atoms with E-state index >= 15 is 0 Å². The highest BCUT2D eigenvalue weighted by atomic mass is 14.9. The second-order valence-electron chi connectivity index (χ2n) is 3.92. The van der Waals surface area contributed by atoms with Gasteiger partial charge in [-0.05, 0) is 38.4 Å². The van der Waals surface area contributed by atoms with Gasteiger partial charge in [-0.25, -0.2) is 0 Å².